The number of rotatable bonds is 3. The molecule has 0 bridgehead atoms. The van der Waals surface area contributed by atoms with Gasteiger partial charge in [-0.15, -0.1) is 0 Å². The van der Waals surface area contributed by atoms with Crippen molar-refractivity contribution < 1.29 is 9.59 Å². The summed E-state index contributed by atoms with van der Waals surface area (Å²) in [5.41, 5.74) is 2.73. The lowest BCUT2D eigenvalue weighted by atomic mass is 10.0. The van der Waals surface area contributed by atoms with Crippen LogP contribution in [-0.2, 0) is 4.79 Å². The summed E-state index contributed by atoms with van der Waals surface area (Å²) >= 11 is 0. The number of hydrogen-bond donors (Lipinski definition) is 1. The van der Waals surface area contributed by atoms with E-state index in [1.165, 1.54) is 4.90 Å². The zero-order chi connectivity index (χ0) is 15.4. The Bertz CT molecular complexity index is 536. The van der Waals surface area contributed by atoms with E-state index in [2.05, 4.69) is 5.32 Å². The molecule has 1 heterocycles. The molecule has 0 radical (unpaired) electrons. The van der Waals surface area contributed by atoms with Crippen molar-refractivity contribution in [1.82, 2.24) is 15.1 Å². The van der Waals surface area contributed by atoms with Gasteiger partial charge in [0.1, 0.15) is 0 Å². The maximum absolute atomic E-state index is 12.5. The van der Waals surface area contributed by atoms with E-state index < -0.39 is 0 Å². The van der Waals surface area contributed by atoms with E-state index in [-0.39, 0.29) is 18.4 Å². The van der Waals surface area contributed by atoms with Gasteiger partial charge in [0, 0.05) is 38.8 Å². The van der Waals surface area contributed by atoms with E-state index in [9.17, 15) is 9.59 Å². The van der Waals surface area contributed by atoms with Crippen molar-refractivity contribution in [2.75, 3.05) is 39.8 Å². The van der Waals surface area contributed by atoms with E-state index in [4.69, 9.17) is 0 Å². The van der Waals surface area contributed by atoms with Crippen molar-refractivity contribution in [2.24, 2.45) is 0 Å². The van der Waals surface area contributed by atoms with Crippen molar-refractivity contribution in [3.8, 4) is 0 Å². The Morgan fingerprint density at radius 1 is 1.24 bits per heavy atom. The highest BCUT2D eigenvalue weighted by Gasteiger charge is 2.21. The first-order valence-corrected chi connectivity index (χ1v) is 7.31. The number of nitrogens with zero attached hydrogens (tertiary/aromatic N) is 2. The van der Waals surface area contributed by atoms with E-state index in [1.807, 2.05) is 36.9 Å². The average molecular weight is 289 g/mol. The predicted octanol–water partition coefficient (Wildman–Crippen LogP) is 0.807. The number of benzene rings is 1. The van der Waals surface area contributed by atoms with Crippen LogP contribution in [0.15, 0.2) is 18.2 Å². The van der Waals surface area contributed by atoms with Gasteiger partial charge in [-0.05, 0) is 31.0 Å². The Hall–Kier alpha value is -1.88. The minimum Gasteiger partial charge on any atom is -0.339 e. The third kappa shape index (κ3) is 3.61. The molecule has 1 saturated heterocycles. The van der Waals surface area contributed by atoms with Gasteiger partial charge in [0.25, 0.3) is 5.91 Å². The highest BCUT2D eigenvalue weighted by molar-refractivity contribution is 5.97. The molecular formula is C16H23N3O2. The van der Waals surface area contributed by atoms with E-state index in [0.29, 0.717) is 18.7 Å². The molecule has 2 amide bonds. The molecule has 0 aromatic heterocycles. The normalized spacial score (nSPS) is 14.9. The lowest BCUT2D eigenvalue weighted by Gasteiger charge is -2.29. The first kappa shape index (κ1) is 15.5. The lowest BCUT2D eigenvalue weighted by molar-refractivity contribution is -0.132. The zero-order valence-corrected chi connectivity index (χ0v) is 13.0. The summed E-state index contributed by atoms with van der Waals surface area (Å²) in [6, 6.07) is 5.68. The maximum Gasteiger partial charge on any atom is 0.254 e. The molecule has 0 saturated carbocycles. The molecule has 1 N–H and O–H groups in total. The first-order chi connectivity index (χ1) is 10.0. The SMILES string of the molecule is Cc1cccc(C(=O)N(C)CC(=O)N2CCNCC2)c1C. The highest BCUT2D eigenvalue weighted by Crippen LogP contribution is 2.14. The van der Waals surface area contributed by atoms with Crippen LogP contribution in [0.2, 0.25) is 0 Å². The summed E-state index contributed by atoms with van der Waals surface area (Å²) in [5, 5.41) is 3.21. The average Bonchev–Trinajstić information content (AvgIpc) is 2.50. The number of nitrogens with one attached hydrogen (secondary N) is 1. The fraction of sp³-hybridized carbons (Fsp3) is 0.500. The Balaban J connectivity index is 2.02. The van der Waals surface area contributed by atoms with Crippen LogP contribution in [0.4, 0.5) is 0 Å². The third-order valence-electron chi connectivity index (χ3n) is 4.02. The van der Waals surface area contributed by atoms with Crippen molar-refractivity contribution in [1.29, 1.82) is 0 Å². The number of carbonyl (C=O) groups excluding carboxylic acids is 2. The van der Waals surface area contributed by atoms with Crippen LogP contribution < -0.4 is 5.32 Å². The molecule has 0 spiro atoms. The minimum absolute atomic E-state index is 0.0117. The summed E-state index contributed by atoms with van der Waals surface area (Å²) < 4.78 is 0. The molecule has 0 unspecified atom stereocenters. The standard InChI is InChI=1S/C16H23N3O2/c1-12-5-4-6-14(13(12)2)16(21)18(3)11-15(20)19-9-7-17-8-10-19/h4-6,17H,7-11H2,1-3H3. The molecule has 0 atom stereocenters. The monoisotopic (exact) mass is 289 g/mol. The van der Waals surface area contributed by atoms with E-state index >= 15 is 0 Å². The Labute approximate surface area is 125 Å². The fourth-order valence-electron chi connectivity index (χ4n) is 2.48. The number of hydrogen-bond acceptors (Lipinski definition) is 3. The van der Waals surface area contributed by atoms with Crippen LogP contribution in [0.5, 0.6) is 0 Å². The molecule has 1 aliphatic rings. The summed E-state index contributed by atoms with van der Waals surface area (Å²) in [5.74, 6) is -0.0858. The summed E-state index contributed by atoms with van der Waals surface area (Å²) in [4.78, 5) is 28.0. The second-order valence-corrected chi connectivity index (χ2v) is 5.54. The van der Waals surface area contributed by atoms with Crippen molar-refractivity contribution >= 4 is 11.8 Å². The second kappa shape index (κ2) is 6.72. The molecule has 5 heteroatoms. The highest BCUT2D eigenvalue weighted by atomic mass is 16.2. The molecule has 1 aliphatic heterocycles. The van der Waals surface area contributed by atoms with Gasteiger partial charge in [-0.3, -0.25) is 9.59 Å². The second-order valence-electron chi connectivity index (χ2n) is 5.54. The zero-order valence-electron chi connectivity index (χ0n) is 13.0. The molecule has 21 heavy (non-hydrogen) atoms. The van der Waals surface area contributed by atoms with Crippen LogP contribution in [0.3, 0.4) is 0 Å². The van der Waals surface area contributed by atoms with Gasteiger partial charge in [-0.25, -0.2) is 0 Å². The van der Waals surface area contributed by atoms with Gasteiger partial charge in [-0.2, -0.15) is 0 Å². The van der Waals surface area contributed by atoms with Crippen LogP contribution in [0, 0.1) is 13.8 Å². The van der Waals surface area contributed by atoms with Crippen LogP contribution in [0.25, 0.3) is 0 Å². The van der Waals surface area contributed by atoms with Gasteiger partial charge in [0.15, 0.2) is 0 Å². The number of carbonyl (C=O) groups is 2. The van der Waals surface area contributed by atoms with Gasteiger partial charge >= 0.3 is 0 Å². The number of likely N-dealkylation sites (N-methyl/N-ethyl adjacent to an activating group) is 1. The molecule has 1 aromatic carbocycles. The Morgan fingerprint density at radius 3 is 2.57 bits per heavy atom. The molecule has 1 fully saturated rings. The van der Waals surface area contributed by atoms with Crippen LogP contribution in [-0.4, -0.2) is 61.4 Å². The van der Waals surface area contributed by atoms with E-state index in [1.54, 1.807) is 7.05 Å². The van der Waals surface area contributed by atoms with Crippen molar-refractivity contribution in [3.05, 3.63) is 34.9 Å². The summed E-state index contributed by atoms with van der Waals surface area (Å²) in [7, 11) is 1.68. The van der Waals surface area contributed by atoms with Gasteiger partial charge in [0.2, 0.25) is 5.91 Å². The number of piperazine rings is 1. The molecule has 5 nitrogen and oxygen atoms in total. The molecule has 114 valence electrons. The topological polar surface area (TPSA) is 52.7 Å². The number of aryl methyl sites for hydroxylation is 1. The quantitative estimate of drug-likeness (QED) is 0.896. The Kier molecular flexibility index (Phi) is 4.96. The Morgan fingerprint density at radius 2 is 1.90 bits per heavy atom. The van der Waals surface area contributed by atoms with Gasteiger partial charge < -0.3 is 15.1 Å². The minimum atomic E-state index is -0.0975. The lowest BCUT2D eigenvalue weighted by Crippen LogP contribution is -2.49. The van der Waals surface area contributed by atoms with E-state index in [0.717, 1.165) is 24.2 Å². The maximum atomic E-state index is 12.5. The number of amides is 2. The van der Waals surface area contributed by atoms with Crippen LogP contribution in [0.1, 0.15) is 21.5 Å². The van der Waals surface area contributed by atoms with Gasteiger partial charge in [0.05, 0.1) is 6.54 Å². The molecule has 1 aromatic rings. The predicted molar refractivity (Wildman–Crippen MR) is 82.3 cm³/mol. The molecule has 2 rings (SSSR count). The summed E-state index contributed by atoms with van der Waals surface area (Å²) in [6.45, 7) is 7.12. The largest absolute Gasteiger partial charge is 0.339 e. The fourth-order valence-corrected chi connectivity index (χ4v) is 2.48. The van der Waals surface area contributed by atoms with Crippen molar-refractivity contribution in [3.63, 3.8) is 0 Å². The first-order valence-electron chi connectivity index (χ1n) is 7.31. The van der Waals surface area contributed by atoms with Crippen molar-refractivity contribution in [2.45, 2.75) is 13.8 Å². The third-order valence-corrected chi connectivity index (χ3v) is 4.02. The smallest absolute Gasteiger partial charge is 0.254 e. The summed E-state index contributed by atoms with van der Waals surface area (Å²) in [6.07, 6.45) is 0. The molecule has 0 aliphatic carbocycles. The molecular weight excluding hydrogens is 266 g/mol. The van der Waals surface area contributed by atoms with Gasteiger partial charge in [-0.1, -0.05) is 12.1 Å². The van der Waals surface area contributed by atoms with Crippen LogP contribution >= 0.6 is 0 Å².